The molecule has 10 heavy (non-hydrogen) atoms. The summed E-state index contributed by atoms with van der Waals surface area (Å²) in [6.45, 7) is 0. The number of carboxylic acids is 1. The van der Waals surface area contributed by atoms with Crippen LogP contribution in [0.25, 0.3) is 0 Å². The molecule has 54 valence electrons. The van der Waals surface area contributed by atoms with Crippen LogP contribution in [0.5, 0.6) is 0 Å². The number of aromatic nitrogens is 1. The van der Waals surface area contributed by atoms with E-state index in [-0.39, 0.29) is 5.56 Å². The van der Waals surface area contributed by atoms with Gasteiger partial charge in [-0.15, -0.1) is 0 Å². The van der Waals surface area contributed by atoms with Crippen molar-refractivity contribution >= 4 is 30.1 Å². The van der Waals surface area contributed by atoms with E-state index in [2.05, 4.69) is 17.0 Å². The zero-order valence-corrected chi connectivity index (χ0v) is 6.65. The van der Waals surface area contributed by atoms with Crippen LogP contribution < -0.4 is 0 Å². The first kappa shape index (κ1) is 7.56. The van der Waals surface area contributed by atoms with Crippen molar-refractivity contribution in [2.24, 2.45) is 0 Å². The fourth-order valence-corrected chi connectivity index (χ4v) is 1.48. The van der Waals surface area contributed by atoms with E-state index in [1.165, 1.54) is 17.7 Å². The molecule has 0 atom stereocenters. The van der Waals surface area contributed by atoms with Crippen LogP contribution in [0.15, 0.2) is 6.20 Å². The van der Waals surface area contributed by atoms with Gasteiger partial charge in [0.05, 0.1) is 11.8 Å². The molecule has 0 aliphatic carbocycles. The molecule has 0 bridgehead atoms. The summed E-state index contributed by atoms with van der Waals surface area (Å²) >= 11 is 5.12. The second kappa shape index (κ2) is 3.03. The molecule has 0 saturated carbocycles. The third kappa shape index (κ3) is 1.30. The number of hydrogen-bond donors (Lipinski definition) is 2. The van der Waals surface area contributed by atoms with E-state index in [9.17, 15) is 4.79 Å². The lowest BCUT2D eigenvalue weighted by molar-refractivity contribution is 0.0696. The smallest absolute Gasteiger partial charge is 0.338 e. The highest BCUT2D eigenvalue weighted by Gasteiger charge is 2.10. The second-order valence-corrected chi connectivity index (χ2v) is 2.83. The summed E-state index contributed by atoms with van der Waals surface area (Å²) in [4.78, 5) is 11.1. The summed E-state index contributed by atoms with van der Waals surface area (Å²) in [5, 5.41) is 8.52. The van der Waals surface area contributed by atoms with Gasteiger partial charge in [-0.1, -0.05) is 0 Å². The summed E-state index contributed by atoms with van der Waals surface area (Å²) in [7, 11) is 0. The summed E-state index contributed by atoms with van der Waals surface area (Å²) in [6, 6.07) is 0. The first-order valence-electron chi connectivity index (χ1n) is 2.53. The van der Waals surface area contributed by atoms with E-state index in [1.54, 1.807) is 0 Å². The average molecular weight is 175 g/mol. The highest BCUT2D eigenvalue weighted by Crippen LogP contribution is 2.14. The van der Waals surface area contributed by atoms with Crippen molar-refractivity contribution in [1.29, 1.82) is 0 Å². The maximum atomic E-state index is 10.4. The van der Waals surface area contributed by atoms with Gasteiger partial charge in [-0.05, 0) is 11.5 Å². The predicted molar refractivity (Wildman–Crippen MR) is 41.8 cm³/mol. The molecule has 0 fully saturated rings. The number of aromatic carboxylic acids is 1. The van der Waals surface area contributed by atoms with E-state index in [0.29, 0.717) is 10.6 Å². The minimum atomic E-state index is -0.933. The maximum absolute atomic E-state index is 10.4. The van der Waals surface area contributed by atoms with Crippen LogP contribution in [0.4, 0.5) is 0 Å². The first-order chi connectivity index (χ1) is 4.75. The SMILES string of the molecule is O=C(O)c1cnsc1CS. The van der Waals surface area contributed by atoms with Crippen molar-refractivity contribution in [3.63, 3.8) is 0 Å². The molecule has 0 aromatic carbocycles. The lowest BCUT2D eigenvalue weighted by Crippen LogP contribution is -1.96. The monoisotopic (exact) mass is 175 g/mol. The number of thiol groups is 1. The van der Waals surface area contributed by atoms with E-state index in [1.807, 2.05) is 0 Å². The molecule has 0 saturated heterocycles. The Morgan fingerprint density at radius 2 is 2.60 bits per heavy atom. The third-order valence-electron chi connectivity index (χ3n) is 1.02. The van der Waals surface area contributed by atoms with Gasteiger partial charge in [0.15, 0.2) is 0 Å². The average Bonchev–Trinajstić information content (AvgIpc) is 2.33. The van der Waals surface area contributed by atoms with Crippen LogP contribution in [0.3, 0.4) is 0 Å². The van der Waals surface area contributed by atoms with Gasteiger partial charge in [-0.3, -0.25) is 0 Å². The number of hydrogen-bond acceptors (Lipinski definition) is 4. The molecule has 1 aromatic heterocycles. The quantitative estimate of drug-likeness (QED) is 0.665. The summed E-state index contributed by atoms with van der Waals surface area (Å²) in [5.74, 6) is -0.496. The van der Waals surface area contributed by atoms with Gasteiger partial charge in [0.1, 0.15) is 0 Å². The normalized spacial score (nSPS) is 9.70. The minimum Gasteiger partial charge on any atom is -0.478 e. The molecule has 1 N–H and O–H groups in total. The minimum absolute atomic E-state index is 0.264. The van der Waals surface area contributed by atoms with E-state index < -0.39 is 5.97 Å². The lowest BCUT2D eigenvalue weighted by atomic mass is 10.3. The fraction of sp³-hybridized carbons (Fsp3) is 0.200. The van der Waals surface area contributed by atoms with Gasteiger partial charge in [-0.2, -0.15) is 17.0 Å². The standard InChI is InChI=1S/C5H5NO2S2/c7-5(8)3-1-6-10-4(3)2-9/h1,9H,2H2,(H,7,8). The van der Waals surface area contributed by atoms with Crippen molar-refractivity contribution in [3.05, 3.63) is 16.6 Å². The Bertz CT molecular complexity index is 246. The molecule has 1 heterocycles. The Hall–Kier alpha value is -0.550. The fourth-order valence-electron chi connectivity index (χ4n) is 0.552. The molecule has 0 amide bonds. The Labute approximate surface area is 67.3 Å². The van der Waals surface area contributed by atoms with Gasteiger partial charge < -0.3 is 5.11 Å². The number of nitrogens with zero attached hydrogens (tertiary/aromatic N) is 1. The summed E-state index contributed by atoms with van der Waals surface area (Å²) < 4.78 is 3.73. The van der Waals surface area contributed by atoms with E-state index in [0.717, 1.165) is 0 Å². The summed E-state index contributed by atoms with van der Waals surface area (Å²) in [5.41, 5.74) is 0.264. The van der Waals surface area contributed by atoms with Crippen LogP contribution >= 0.6 is 24.2 Å². The van der Waals surface area contributed by atoms with Gasteiger partial charge in [0.25, 0.3) is 0 Å². The largest absolute Gasteiger partial charge is 0.478 e. The predicted octanol–water partition coefficient (Wildman–Crippen LogP) is 1.27. The topological polar surface area (TPSA) is 50.2 Å². The Balaban J connectivity index is 3.01. The Kier molecular flexibility index (Phi) is 2.29. The molecular formula is C5H5NO2S2. The van der Waals surface area contributed by atoms with Crippen LogP contribution in [0, 0.1) is 0 Å². The molecule has 0 aliphatic rings. The molecule has 0 spiro atoms. The molecule has 3 nitrogen and oxygen atoms in total. The zero-order chi connectivity index (χ0) is 7.56. The van der Waals surface area contributed by atoms with E-state index in [4.69, 9.17) is 5.11 Å². The van der Waals surface area contributed by atoms with Crippen molar-refractivity contribution in [3.8, 4) is 0 Å². The molecule has 0 unspecified atom stereocenters. The summed E-state index contributed by atoms with van der Waals surface area (Å²) in [6.07, 6.45) is 1.35. The van der Waals surface area contributed by atoms with Crippen LogP contribution in [0.2, 0.25) is 0 Å². The lowest BCUT2D eigenvalue weighted by Gasteiger charge is -1.89. The van der Waals surface area contributed by atoms with Crippen LogP contribution in [-0.2, 0) is 5.75 Å². The number of carboxylic acid groups (broad SMARTS) is 1. The van der Waals surface area contributed by atoms with Crippen molar-refractivity contribution in [1.82, 2.24) is 4.37 Å². The highest BCUT2D eigenvalue weighted by atomic mass is 32.1. The molecular weight excluding hydrogens is 170 g/mol. The van der Waals surface area contributed by atoms with Crippen molar-refractivity contribution in [2.45, 2.75) is 5.75 Å². The number of rotatable bonds is 2. The molecule has 5 heteroatoms. The van der Waals surface area contributed by atoms with E-state index >= 15 is 0 Å². The van der Waals surface area contributed by atoms with Crippen molar-refractivity contribution in [2.75, 3.05) is 0 Å². The Morgan fingerprint density at radius 3 is 3.00 bits per heavy atom. The number of carbonyl (C=O) groups is 1. The van der Waals surface area contributed by atoms with Gasteiger partial charge in [-0.25, -0.2) is 4.79 Å². The maximum Gasteiger partial charge on any atom is 0.338 e. The van der Waals surface area contributed by atoms with Gasteiger partial charge >= 0.3 is 5.97 Å². The van der Waals surface area contributed by atoms with Gasteiger partial charge in [0.2, 0.25) is 0 Å². The highest BCUT2D eigenvalue weighted by molar-refractivity contribution is 7.79. The second-order valence-electron chi connectivity index (χ2n) is 1.63. The van der Waals surface area contributed by atoms with Crippen molar-refractivity contribution < 1.29 is 9.90 Å². The van der Waals surface area contributed by atoms with Crippen LogP contribution in [-0.4, -0.2) is 15.4 Å². The van der Waals surface area contributed by atoms with Gasteiger partial charge in [0, 0.05) is 10.6 Å². The zero-order valence-electron chi connectivity index (χ0n) is 4.94. The molecule has 1 aromatic rings. The molecule has 1 rings (SSSR count). The first-order valence-corrected chi connectivity index (χ1v) is 3.94. The third-order valence-corrected chi connectivity index (χ3v) is 2.34. The van der Waals surface area contributed by atoms with Crippen LogP contribution in [0.1, 0.15) is 15.2 Å². The molecule has 0 radical (unpaired) electrons. The Morgan fingerprint density at radius 1 is 1.90 bits per heavy atom. The molecule has 0 aliphatic heterocycles.